The Balaban J connectivity index is 1.10. The van der Waals surface area contributed by atoms with Gasteiger partial charge < -0.3 is 20.5 Å². The number of aliphatic hydroxyl groups is 1. The van der Waals surface area contributed by atoms with E-state index in [-0.39, 0.29) is 12.5 Å². The standard InChI is InChI=1S/C26H31ClN6O3/c27-25-22-7-9-33(14-19(22)4-5-23(25)36-16-17-11-30-31-12-17)15-21(34)13-29-26(35)18-6-8-28-24(10-18)32-20-2-1-3-20/h4-6,8,10-12,20-21,34H,1-3,7,9,13-16H2,(H,28,32)(H,29,35)(H,30,31). The van der Waals surface area contributed by atoms with Crippen molar-refractivity contribution in [2.75, 3.05) is 25.0 Å². The van der Waals surface area contributed by atoms with Crippen molar-refractivity contribution in [1.29, 1.82) is 0 Å². The highest BCUT2D eigenvalue weighted by Gasteiger charge is 2.23. The summed E-state index contributed by atoms with van der Waals surface area (Å²) in [5, 5.41) is 24.1. The maximum Gasteiger partial charge on any atom is 0.251 e. The van der Waals surface area contributed by atoms with E-state index in [0.717, 1.165) is 42.5 Å². The summed E-state index contributed by atoms with van der Waals surface area (Å²) in [7, 11) is 0. The van der Waals surface area contributed by atoms with Crippen molar-refractivity contribution in [3.63, 3.8) is 0 Å². The zero-order chi connectivity index (χ0) is 24.9. The van der Waals surface area contributed by atoms with Gasteiger partial charge in [-0.05, 0) is 55.0 Å². The minimum absolute atomic E-state index is 0.178. The molecule has 1 fully saturated rings. The number of β-amino-alcohol motifs (C(OH)–C–C–N with tert-alkyl or cyclic N) is 1. The first-order valence-electron chi connectivity index (χ1n) is 12.4. The molecule has 1 saturated carbocycles. The van der Waals surface area contributed by atoms with Crippen LogP contribution < -0.4 is 15.4 Å². The van der Waals surface area contributed by atoms with Crippen LogP contribution in [-0.2, 0) is 19.6 Å². The number of halogens is 1. The van der Waals surface area contributed by atoms with Gasteiger partial charge in [-0.3, -0.25) is 14.8 Å². The van der Waals surface area contributed by atoms with E-state index >= 15 is 0 Å². The highest BCUT2D eigenvalue weighted by Crippen LogP contribution is 2.34. The fourth-order valence-electron chi connectivity index (χ4n) is 4.52. The van der Waals surface area contributed by atoms with Crippen molar-refractivity contribution in [2.24, 2.45) is 0 Å². The molecule has 0 saturated heterocycles. The monoisotopic (exact) mass is 510 g/mol. The van der Waals surface area contributed by atoms with Gasteiger partial charge in [-0.25, -0.2) is 4.98 Å². The minimum atomic E-state index is -0.682. The number of rotatable bonds is 10. The average Bonchev–Trinajstić information content (AvgIpc) is 3.38. The van der Waals surface area contributed by atoms with Crippen LogP contribution in [-0.4, -0.2) is 62.9 Å². The topological polar surface area (TPSA) is 115 Å². The van der Waals surface area contributed by atoms with Crippen molar-refractivity contribution in [1.82, 2.24) is 25.4 Å². The number of nitrogens with zero attached hydrogens (tertiary/aromatic N) is 3. The number of benzene rings is 1. The number of H-pyrrole nitrogens is 1. The minimum Gasteiger partial charge on any atom is -0.487 e. The highest BCUT2D eigenvalue weighted by molar-refractivity contribution is 6.33. The van der Waals surface area contributed by atoms with Crippen LogP contribution in [0.3, 0.4) is 0 Å². The lowest BCUT2D eigenvalue weighted by Crippen LogP contribution is -2.42. The van der Waals surface area contributed by atoms with Crippen LogP contribution in [0.1, 0.15) is 46.3 Å². The maximum absolute atomic E-state index is 12.6. The second-order valence-corrected chi connectivity index (χ2v) is 9.84. The van der Waals surface area contributed by atoms with E-state index in [0.29, 0.717) is 47.9 Å². The largest absolute Gasteiger partial charge is 0.487 e. The third-order valence-electron chi connectivity index (χ3n) is 6.77. The second-order valence-electron chi connectivity index (χ2n) is 9.46. The molecule has 5 rings (SSSR count). The predicted molar refractivity (Wildman–Crippen MR) is 137 cm³/mol. The first kappa shape index (κ1) is 24.5. The van der Waals surface area contributed by atoms with E-state index < -0.39 is 6.10 Å². The maximum atomic E-state index is 12.6. The van der Waals surface area contributed by atoms with E-state index in [9.17, 15) is 9.90 Å². The molecule has 1 unspecified atom stereocenters. The van der Waals surface area contributed by atoms with Gasteiger partial charge >= 0.3 is 0 Å². The number of nitrogens with one attached hydrogen (secondary N) is 3. The third kappa shape index (κ3) is 5.98. The zero-order valence-corrected chi connectivity index (χ0v) is 20.8. The molecule has 36 heavy (non-hydrogen) atoms. The number of hydrogen-bond donors (Lipinski definition) is 4. The normalized spacial score (nSPS) is 16.6. The summed E-state index contributed by atoms with van der Waals surface area (Å²) in [5.41, 5.74) is 3.70. The van der Waals surface area contributed by atoms with Gasteiger partial charge in [0.2, 0.25) is 0 Å². The summed E-state index contributed by atoms with van der Waals surface area (Å²) in [4.78, 5) is 19.1. The molecule has 2 aliphatic rings. The molecule has 0 spiro atoms. The molecule has 1 aliphatic carbocycles. The number of hydrogen-bond acceptors (Lipinski definition) is 7. The summed E-state index contributed by atoms with van der Waals surface area (Å²) in [6.07, 6.45) is 8.74. The number of aromatic nitrogens is 3. The Morgan fingerprint density at radius 1 is 1.33 bits per heavy atom. The van der Waals surface area contributed by atoms with Crippen LogP contribution in [0.4, 0.5) is 5.82 Å². The van der Waals surface area contributed by atoms with Gasteiger partial charge in [0.1, 0.15) is 18.2 Å². The van der Waals surface area contributed by atoms with Crippen molar-refractivity contribution >= 4 is 23.3 Å². The van der Waals surface area contributed by atoms with Crippen LogP contribution in [0, 0.1) is 0 Å². The Morgan fingerprint density at radius 2 is 2.22 bits per heavy atom. The smallest absolute Gasteiger partial charge is 0.251 e. The van der Waals surface area contributed by atoms with E-state index in [4.69, 9.17) is 16.3 Å². The van der Waals surface area contributed by atoms with Gasteiger partial charge in [-0.1, -0.05) is 17.7 Å². The molecule has 3 heterocycles. The molecule has 1 atom stereocenters. The molecule has 1 aliphatic heterocycles. The molecule has 0 radical (unpaired) electrons. The Hall–Kier alpha value is -3.14. The van der Waals surface area contributed by atoms with Gasteiger partial charge in [-0.15, -0.1) is 0 Å². The van der Waals surface area contributed by atoms with Crippen LogP contribution >= 0.6 is 11.6 Å². The lowest BCUT2D eigenvalue weighted by atomic mass is 9.93. The number of carbonyl (C=O) groups excluding carboxylic acids is 1. The number of carbonyl (C=O) groups is 1. The second kappa shape index (κ2) is 11.3. The van der Waals surface area contributed by atoms with Crippen LogP contribution in [0.25, 0.3) is 0 Å². The van der Waals surface area contributed by atoms with E-state index in [1.807, 2.05) is 12.1 Å². The molecule has 9 nitrogen and oxygen atoms in total. The molecular formula is C26H31ClN6O3. The lowest BCUT2D eigenvalue weighted by molar-refractivity contribution is 0.0841. The van der Waals surface area contributed by atoms with Crippen LogP contribution in [0.15, 0.2) is 42.9 Å². The molecule has 1 amide bonds. The molecule has 1 aromatic carbocycles. The van der Waals surface area contributed by atoms with Gasteiger partial charge in [0.25, 0.3) is 5.91 Å². The van der Waals surface area contributed by atoms with E-state index in [1.165, 1.54) is 6.42 Å². The number of fused-ring (bicyclic) bond motifs is 1. The van der Waals surface area contributed by atoms with Crippen LogP contribution in [0.5, 0.6) is 5.75 Å². The SMILES string of the molecule is O=C(NCC(O)CN1CCc2c(ccc(OCc3cn[nH]c3)c2Cl)C1)c1ccnc(NC2CCC2)c1. The summed E-state index contributed by atoms with van der Waals surface area (Å²) in [5.74, 6) is 1.16. The van der Waals surface area contributed by atoms with Crippen molar-refractivity contribution in [3.05, 3.63) is 70.1 Å². The van der Waals surface area contributed by atoms with E-state index in [1.54, 1.807) is 30.7 Å². The number of ether oxygens (including phenoxy) is 1. The zero-order valence-electron chi connectivity index (χ0n) is 20.0. The van der Waals surface area contributed by atoms with Crippen molar-refractivity contribution in [3.8, 4) is 5.75 Å². The molecule has 190 valence electrons. The first-order chi connectivity index (χ1) is 17.5. The third-order valence-corrected chi connectivity index (χ3v) is 7.19. The van der Waals surface area contributed by atoms with Gasteiger partial charge in [0.05, 0.1) is 17.3 Å². The fourth-order valence-corrected chi connectivity index (χ4v) is 4.85. The van der Waals surface area contributed by atoms with Crippen molar-refractivity contribution in [2.45, 2.75) is 51.0 Å². The van der Waals surface area contributed by atoms with Crippen molar-refractivity contribution < 1.29 is 14.6 Å². The Morgan fingerprint density at radius 3 is 3.00 bits per heavy atom. The number of anilines is 1. The predicted octanol–water partition coefficient (Wildman–Crippen LogP) is 3.15. The molecule has 2 aromatic heterocycles. The van der Waals surface area contributed by atoms with Gasteiger partial charge in [0.15, 0.2) is 0 Å². The highest BCUT2D eigenvalue weighted by atomic mass is 35.5. The quantitative estimate of drug-likeness (QED) is 0.331. The molecular weight excluding hydrogens is 480 g/mol. The van der Waals surface area contributed by atoms with Gasteiger partial charge in [-0.2, -0.15) is 5.10 Å². The number of aromatic amines is 1. The lowest BCUT2D eigenvalue weighted by Gasteiger charge is -2.31. The Bertz CT molecular complexity index is 1180. The molecule has 4 N–H and O–H groups in total. The van der Waals surface area contributed by atoms with Crippen LogP contribution in [0.2, 0.25) is 5.02 Å². The summed E-state index contributed by atoms with van der Waals surface area (Å²) >= 11 is 6.64. The Kier molecular flexibility index (Phi) is 7.69. The molecule has 10 heteroatoms. The fraction of sp³-hybridized carbons (Fsp3) is 0.423. The Labute approximate surface area is 215 Å². The summed E-state index contributed by atoms with van der Waals surface area (Å²) in [6, 6.07) is 7.82. The molecule has 0 bridgehead atoms. The average molecular weight is 511 g/mol. The summed E-state index contributed by atoms with van der Waals surface area (Å²) in [6.45, 7) is 2.49. The number of aliphatic hydroxyl groups excluding tert-OH is 1. The summed E-state index contributed by atoms with van der Waals surface area (Å²) < 4.78 is 5.87. The molecule has 3 aromatic rings. The number of amides is 1. The van der Waals surface area contributed by atoms with Gasteiger partial charge in [0, 0.05) is 55.7 Å². The first-order valence-corrected chi connectivity index (χ1v) is 12.7. The number of pyridine rings is 1. The van der Waals surface area contributed by atoms with E-state index in [2.05, 4.69) is 30.7 Å².